The van der Waals surface area contributed by atoms with Crippen LogP contribution in [0.25, 0.3) is 6.08 Å². The monoisotopic (exact) mass is 329 g/mol. The largest absolute Gasteiger partial charge is 0.206 e. The predicted octanol–water partition coefficient (Wildman–Crippen LogP) is 5.62. The molecule has 0 atom stereocenters. The molecule has 0 saturated heterocycles. The lowest BCUT2D eigenvalue weighted by Gasteiger charge is -2.01. The minimum Gasteiger partial charge on any atom is -0.206 e. The van der Waals surface area contributed by atoms with Crippen molar-refractivity contribution in [3.05, 3.63) is 75.6 Å². The molecule has 0 saturated carbocycles. The Hall–Kier alpha value is -2.84. The highest BCUT2D eigenvalue weighted by molar-refractivity contribution is 5.65. The normalized spacial score (nSPS) is 12.0. The van der Waals surface area contributed by atoms with Gasteiger partial charge in [0, 0.05) is 11.1 Å². The molecule has 0 heterocycles. The minimum atomic E-state index is -0.525. The van der Waals surface area contributed by atoms with E-state index < -0.39 is 5.82 Å². The zero-order valence-corrected chi connectivity index (χ0v) is 14.4. The highest BCUT2D eigenvalue weighted by Crippen LogP contribution is 2.28. The first-order valence-electron chi connectivity index (χ1n) is 8.73. The quantitative estimate of drug-likeness (QED) is 0.528. The van der Waals surface area contributed by atoms with Gasteiger partial charge in [0.05, 0.1) is 5.56 Å². The van der Waals surface area contributed by atoms with Crippen molar-refractivity contribution in [2.45, 2.75) is 39.0 Å². The van der Waals surface area contributed by atoms with E-state index in [0.29, 0.717) is 5.56 Å². The highest BCUT2D eigenvalue weighted by Gasteiger charge is 2.12. The molecule has 0 radical (unpaired) electrons. The van der Waals surface area contributed by atoms with Gasteiger partial charge in [-0.2, -0.15) is 5.26 Å². The van der Waals surface area contributed by atoms with Crippen LogP contribution in [0.2, 0.25) is 0 Å². The van der Waals surface area contributed by atoms with E-state index in [-0.39, 0.29) is 5.56 Å². The lowest BCUT2D eigenvalue weighted by Crippen LogP contribution is -1.87. The van der Waals surface area contributed by atoms with Crippen molar-refractivity contribution in [1.82, 2.24) is 0 Å². The lowest BCUT2D eigenvalue weighted by atomic mass is 10.0. The summed E-state index contributed by atoms with van der Waals surface area (Å²) in [5.74, 6) is 5.55. The fraction of sp³-hybridized carbons (Fsp3) is 0.261. The van der Waals surface area contributed by atoms with E-state index in [0.717, 1.165) is 12.0 Å². The smallest absolute Gasteiger partial charge is 0.142 e. The predicted molar refractivity (Wildman–Crippen MR) is 99.4 cm³/mol. The third-order valence-corrected chi connectivity index (χ3v) is 4.47. The molecular weight excluding hydrogens is 309 g/mol. The van der Waals surface area contributed by atoms with Crippen LogP contribution in [0.3, 0.4) is 0 Å². The zero-order valence-electron chi connectivity index (χ0n) is 14.4. The average molecular weight is 329 g/mol. The zero-order chi connectivity index (χ0) is 17.6. The topological polar surface area (TPSA) is 23.8 Å². The minimum absolute atomic E-state index is 0.0452. The molecule has 0 aromatic heterocycles. The van der Waals surface area contributed by atoms with Crippen LogP contribution in [0, 0.1) is 29.0 Å². The third kappa shape index (κ3) is 4.17. The van der Waals surface area contributed by atoms with E-state index in [2.05, 4.69) is 37.0 Å². The van der Waals surface area contributed by atoms with Crippen molar-refractivity contribution < 1.29 is 4.39 Å². The lowest BCUT2D eigenvalue weighted by molar-refractivity contribution is 0.623. The molecular formula is C23H20FN. The van der Waals surface area contributed by atoms with Gasteiger partial charge in [0.25, 0.3) is 0 Å². The summed E-state index contributed by atoms with van der Waals surface area (Å²) >= 11 is 0. The number of halogens is 1. The number of nitrogens with zero attached hydrogens (tertiary/aromatic N) is 1. The Balaban J connectivity index is 1.75. The third-order valence-electron chi connectivity index (χ3n) is 4.47. The van der Waals surface area contributed by atoms with E-state index in [1.54, 1.807) is 6.07 Å². The molecule has 2 aromatic carbocycles. The molecule has 25 heavy (non-hydrogen) atoms. The number of unbranched alkanes of at least 4 members (excludes halogenated alkanes) is 2. The van der Waals surface area contributed by atoms with Gasteiger partial charge >= 0.3 is 0 Å². The number of benzene rings is 2. The first-order chi connectivity index (χ1) is 12.2. The van der Waals surface area contributed by atoms with Gasteiger partial charge in [-0.15, -0.1) is 0 Å². The Kier molecular flexibility index (Phi) is 5.32. The molecule has 1 nitrogen and oxygen atoms in total. The Morgan fingerprint density at radius 1 is 1.04 bits per heavy atom. The summed E-state index contributed by atoms with van der Waals surface area (Å²) in [4.78, 5) is 0. The molecule has 124 valence electrons. The maximum Gasteiger partial charge on any atom is 0.142 e. The van der Waals surface area contributed by atoms with Crippen molar-refractivity contribution in [3.63, 3.8) is 0 Å². The maximum absolute atomic E-state index is 13.6. The number of nitriles is 1. The van der Waals surface area contributed by atoms with E-state index in [4.69, 9.17) is 5.26 Å². The number of hydrogen-bond donors (Lipinski definition) is 0. The summed E-state index contributed by atoms with van der Waals surface area (Å²) in [5, 5.41) is 8.76. The second kappa shape index (κ2) is 7.82. The van der Waals surface area contributed by atoms with Crippen molar-refractivity contribution in [1.29, 1.82) is 5.26 Å². The molecule has 0 aliphatic heterocycles. The van der Waals surface area contributed by atoms with Crippen LogP contribution in [0.5, 0.6) is 0 Å². The Morgan fingerprint density at radius 3 is 2.52 bits per heavy atom. The first kappa shape index (κ1) is 17.0. The summed E-state index contributed by atoms with van der Waals surface area (Å²) < 4.78 is 13.6. The van der Waals surface area contributed by atoms with Gasteiger partial charge in [0.2, 0.25) is 0 Å². The molecule has 2 heteroatoms. The first-order valence-corrected chi connectivity index (χ1v) is 8.73. The van der Waals surface area contributed by atoms with Crippen LogP contribution in [0.15, 0.2) is 42.0 Å². The molecule has 0 spiro atoms. The molecule has 1 aliphatic rings. The SMILES string of the molecule is CCCCCC1=Cc2cc(C#Cc3ccc(C#N)c(F)c3)ccc2C1. The molecule has 0 N–H and O–H groups in total. The molecule has 3 rings (SSSR count). The standard InChI is InChI=1S/C23H20FN/c1-2-3-4-5-19-13-20-10-8-17(12-22(20)14-19)6-7-18-9-11-21(16-25)23(24)15-18/h8-12,14-15H,2-5,13H2,1H3. The fourth-order valence-corrected chi connectivity index (χ4v) is 3.07. The van der Waals surface area contributed by atoms with Gasteiger partial charge in [-0.1, -0.05) is 49.3 Å². The van der Waals surface area contributed by atoms with E-state index in [1.807, 2.05) is 12.1 Å². The van der Waals surface area contributed by atoms with Gasteiger partial charge in [-0.3, -0.25) is 0 Å². The molecule has 0 fully saturated rings. The van der Waals surface area contributed by atoms with Crippen molar-refractivity contribution in [2.24, 2.45) is 0 Å². The van der Waals surface area contributed by atoms with Crippen molar-refractivity contribution >= 4 is 6.08 Å². The second-order valence-electron chi connectivity index (χ2n) is 6.41. The van der Waals surface area contributed by atoms with Crippen LogP contribution in [-0.4, -0.2) is 0 Å². The van der Waals surface area contributed by atoms with E-state index in [9.17, 15) is 4.39 Å². The summed E-state index contributed by atoms with van der Waals surface area (Å²) in [7, 11) is 0. The van der Waals surface area contributed by atoms with Crippen molar-refractivity contribution in [2.75, 3.05) is 0 Å². The Labute approximate surface area is 148 Å². The van der Waals surface area contributed by atoms with Gasteiger partial charge in [0.1, 0.15) is 11.9 Å². The fourth-order valence-electron chi connectivity index (χ4n) is 3.07. The molecule has 0 bridgehead atoms. The van der Waals surface area contributed by atoms with Crippen LogP contribution >= 0.6 is 0 Å². The van der Waals surface area contributed by atoms with Crippen LogP contribution in [0.4, 0.5) is 4.39 Å². The molecule has 2 aromatic rings. The number of allylic oxidation sites excluding steroid dienone is 1. The maximum atomic E-state index is 13.6. The molecule has 1 aliphatic carbocycles. The van der Waals surface area contributed by atoms with Gasteiger partial charge in [-0.25, -0.2) is 4.39 Å². The van der Waals surface area contributed by atoms with Crippen molar-refractivity contribution in [3.8, 4) is 17.9 Å². The Bertz CT molecular complexity index is 919. The second-order valence-corrected chi connectivity index (χ2v) is 6.41. The highest BCUT2D eigenvalue weighted by atomic mass is 19.1. The van der Waals surface area contributed by atoms with E-state index in [1.165, 1.54) is 54.5 Å². The van der Waals surface area contributed by atoms with Crippen LogP contribution in [0.1, 0.15) is 60.4 Å². The summed E-state index contributed by atoms with van der Waals surface area (Å²) in [6, 6.07) is 12.5. The number of rotatable bonds is 4. The summed E-state index contributed by atoms with van der Waals surface area (Å²) in [5.41, 5.74) is 5.67. The summed E-state index contributed by atoms with van der Waals surface area (Å²) in [6.07, 6.45) is 8.30. The Morgan fingerprint density at radius 2 is 1.80 bits per heavy atom. The average Bonchev–Trinajstić information content (AvgIpc) is 3.02. The van der Waals surface area contributed by atoms with Crippen LogP contribution < -0.4 is 0 Å². The number of hydrogen-bond acceptors (Lipinski definition) is 1. The van der Waals surface area contributed by atoms with Gasteiger partial charge in [0.15, 0.2) is 0 Å². The summed E-state index contributed by atoms with van der Waals surface area (Å²) in [6.45, 7) is 2.22. The van der Waals surface area contributed by atoms with Gasteiger partial charge < -0.3 is 0 Å². The van der Waals surface area contributed by atoms with Crippen LogP contribution in [-0.2, 0) is 6.42 Å². The van der Waals surface area contributed by atoms with E-state index >= 15 is 0 Å². The molecule has 0 amide bonds. The number of fused-ring (bicyclic) bond motifs is 1. The molecule has 0 unspecified atom stereocenters. The van der Waals surface area contributed by atoms with Gasteiger partial charge in [-0.05, 0) is 60.7 Å².